The Balaban J connectivity index is 1.73. The van der Waals surface area contributed by atoms with E-state index < -0.39 is 18.5 Å². The van der Waals surface area contributed by atoms with Gasteiger partial charge in [0.1, 0.15) is 17.0 Å². The molecule has 0 fully saturated rings. The van der Waals surface area contributed by atoms with E-state index in [1.807, 2.05) is 32.9 Å². The van der Waals surface area contributed by atoms with Crippen molar-refractivity contribution in [1.82, 2.24) is 5.16 Å². The first-order chi connectivity index (χ1) is 13.8. The highest BCUT2D eigenvalue weighted by Gasteiger charge is 2.25. The summed E-state index contributed by atoms with van der Waals surface area (Å²) in [5.41, 5.74) is 4.69. The molecule has 0 saturated heterocycles. The SMILES string of the molecule is Cc1cc(C)c(NC(=O)COC(=O)c2c(-c3ccccc3Cl)noc2C)c(C)c1. The Kier molecular flexibility index (Phi) is 6.03. The molecule has 7 heteroatoms. The van der Waals surface area contributed by atoms with Gasteiger partial charge in [-0.05, 0) is 44.9 Å². The van der Waals surface area contributed by atoms with Gasteiger partial charge in [0, 0.05) is 11.3 Å². The third-order valence-electron chi connectivity index (χ3n) is 4.47. The van der Waals surface area contributed by atoms with E-state index >= 15 is 0 Å². The molecule has 1 N–H and O–H groups in total. The van der Waals surface area contributed by atoms with Gasteiger partial charge >= 0.3 is 5.97 Å². The lowest BCUT2D eigenvalue weighted by atomic mass is 10.1. The number of nitrogens with zero attached hydrogens (tertiary/aromatic N) is 1. The number of carbonyl (C=O) groups excluding carboxylic acids is 2. The zero-order valence-corrected chi connectivity index (χ0v) is 17.4. The summed E-state index contributed by atoms with van der Waals surface area (Å²) in [5.74, 6) is -0.844. The number of halogens is 1. The van der Waals surface area contributed by atoms with Crippen LogP contribution in [0.3, 0.4) is 0 Å². The third kappa shape index (κ3) is 4.49. The number of anilines is 1. The quantitative estimate of drug-likeness (QED) is 0.595. The molecule has 0 atom stereocenters. The molecule has 3 rings (SSSR count). The molecule has 1 aromatic heterocycles. The zero-order valence-electron chi connectivity index (χ0n) is 16.6. The fraction of sp³-hybridized carbons (Fsp3) is 0.227. The molecule has 0 unspecified atom stereocenters. The Morgan fingerprint density at radius 1 is 1.10 bits per heavy atom. The predicted molar refractivity (Wildman–Crippen MR) is 111 cm³/mol. The van der Waals surface area contributed by atoms with Gasteiger partial charge in [-0.15, -0.1) is 0 Å². The van der Waals surface area contributed by atoms with Gasteiger partial charge < -0.3 is 14.6 Å². The van der Waals surface area contributed by atoms with Crippen molar-refractivity contribution >= 4 is 29.2 Å². The number of aryl methyl sites for hydroxylation is 4. The van der Waals surface area contributed by atoms with E-state index in [0.717, 1.165) is 22.4 Å². The number of rotatable bonds is 5. The van der Waals surface area contributed by atoms with E-state index in [-0.39, 0.29) is 17.0 Å². The lowest BCUT2D eigenvalue weighted by Crippen LogP contribution is -2.22. The van der Waals surface area contributed by atoms with Crippen LogP contribution in [-0.2, 0) is 9.53 Å². The Morgan fingerprint density at radius 2 is 1.76 bits per heavy atom. The van der Waals surface area contributed by atoms with Crippen LogP contribution in [0.4, 0.5) is 5.69 Å². The van der Waals surface area contributed by atoms with Crippen LogP contribution in [0.25, 0.3) is 11.3 Å². The molecule has 1 amide bonds. The molecule has 3 aromatic rings. The third-order valence-corrected chi connectivity index (χ3v) is 4.80. The van der Waals surface area contributed by atoms with Crippen molar-refractivity contribution in [3.8, 4) is 11.3 Å². The second-order valence-electron chi connectivity index (χ2n) is 6.84. The van der Waals surface area contributed by atoms with Crippen molar-refractivity contribution in [2.45, 2.75) is 27.7 Å². The molecule has 0 spiro atoms. The molecule has 29 heavy (non-hydrogen) atoms. The Bertz CT molecular complexity index is 1070. The van der Waals surface area contributed by atoms with Gasteiger partial charge in [0.05, 0.1) is 5.02 Å². The summed E-state index contributed by atoms with van der Waals surface area (Å²) in [4.78, 5) is 24.9. The molecule has 0 radical (unpaired) electrons. The number of aromatic nitrogens is 1. The van der Waals surface area contributed by atoms with Gasteiger partial charge in [0.2, 0.25) is 0 Å². The molecule has 2 aromatic carbocycles. The molecule has 150 valence electrons. The molecular weight excluding hydrogens is 392 g/mol. The Hall–Kier alpha value is -3.12. The van der Waals surface area contributed by atoms with Gasteiger partial charge in [0.15, 0.2) is 6.61 Å². The molecule has 0 aliphatic carbocycles. The van der Waals surface area contributed by atoms with E-state index in [4.69, 9.17) is 20.9 Å². The van der Waals surface area contributed by atoms with Crippen LogP contribution in [0.15, 0.2) is 40.9 Å². The summed E-state index contributed by atoms with van der Waals surface area (Å²) >= 11 is 6.21. The highest BCUT2D eigenvalue weighted by molar-refractivity contribution is 6.33. The number of hydrogen-bond donors (Lipinski definition) is 1. The number of nitrogens with one attached hydrogen (secondary N) is 1. The molecule has 6 nitrogen and oxygen atoms in total. The average molecular weight is 413 g/mol. The van der Waals surface area contributed by atoms with Crippen LogP contribution in [0, 0.1) is 27.7 Å². The summed E-state index contributed by atoms with van der Waals surface area (Å²) in [7, 11) is 0. The number of ether oxygens (including phenoxy) is 1. The number of esters is 1. The average Bonchev–Trinajstić information content (AvgIpc) is 3.04. The number of hydrogen-bond acceptors (Lipinski definition) is 5. The first kappa shape index (κ1) is 20.6. The summed E-state index contributed by atoms with van der Waals surface area (Å²) in [6.45, 7) is 6.99. The largest absolute Gasteiger partial charge is 0.452 e. The minimum absolute atomic E-state index is 0.147. The van der Waals surface area contributed by atoms with Crippen LogP contribution < -0.4 is 5.32 Å². The monoisotopic (exact) mass is 412 g/mol. The molecule has 0 aliphatic heterocycles. The topological polar surface area (TPSA) is 81.4 Å². The molecule has 1 heterocycles. The van der Waals surface area contributed by atoms with Crippen molar-refractivity contribution < 1.29 is 18.8 Å². The minimum atomic E-state index is -0.703. The van der Waals surface area contributed by atoms with E-state index in [1.54, 1.807) is 31.2 Å². The van der Waals surface area contributed by atoms with E-state index in [1.165, 1.54) is 0 Å². The van der Waals surface area contributed by atoms with E-state index in [2.05, 4.69) is 10.5 Å². The maximum atomic E-state index is 12.6. The van der Waals surface area contributed by atoms with Crippen molar-refractivity contribution in [2.24, 2.45) is 0 Å². The molecule has 0 saturated carbocycles. The predicted octanol–water partition coefficient (Wildman–Crippen LogP) is 5.02. The van der Waals surface area contributed by atoms with Crippen molar-refractivity contribution in [1.29, 1.82) is 0 Å². The second kappa shape index (κ2) is 8.49. The Morgan fingerprint density at radius 3 is 2.41 bits per heavy atom. The van der Waals surface area contributed by atoms with Gasteiger partial charge in [0.25, 0.3) is 5.91 Å². The Labute approximate surface area is 173 Å². The van der Waals surface area contributed by atoms with E-state index in [0.29, 0.717) is 10.6 Å². The fourth-order valence-electron chi connectivity index (χ4n) is 3.21. The molecule has 0 bridgehead atoms. The number of amides is 1. The standard InChI is InChI=1S/C22H21ClN2O4/c1-12-9-13(2)20(14(3)10-12)24-18(26)11-28-22(27)19-15(4)29-25-21(19)16-7-5-6-8-17(16)23/h5-10H,11H2,1-4H3,(H,24,26). The lowest BCUT2D eigenvalue weighted by Gasteiger charge is -2.13. The first-order valence-electron chi connectivity index (χ1n) is 9.04. The van der Waals surface area contributed by atoms with Gasteiger partial charge in [-0.1, -0.05) is 52.7 Å². The maximum absolute atomic E-state index is 12.6. The maximum Gasteiger partial charge on any atom is 0.344 e. The van der Waals surface area contributed by atoms with Crippen molar-refractivity contribution in [3.05, 3.63) is 69.4 Å². The normalized spacial score (nSPS) is 10.7. The van der Waals surface area contributed by atoms with Gasteiger partial charge in [-0.2, -0.15) is 0 Å². The smallest absolute Gasteiger partial charge is 0.344 e. The first-order valence-corrected chi connectivity index (χ1v) is 9.41. The van der Waals surface area contributed by atoms with Crippen LogP contribution in [0.1, 0.15) is 32.8 Å². The fourth-order valence-corrected chi connectivity index (χ4v) is 3.43. The zero-order chi connectivity index (χ0) is 21.1. The second-order valence-corrected chi connectivity index (χ2v) is 7.25. The summed E-state index contributed by atoms with van der Waals surface area (Å²) in [5, 5.41) is 7.16. The number of carbonyl (C=O) groups is 2. The van der Waals surface area contributed by atoms with Crippen LogP contribution in [0.2, 0.25) is 5.02 Å². The highest BCUT2D eigenvalue weighted by Crippen LogP contribution is 2.31. The molecule has 0 aliphatic rings. The highest BCUT2D eigenvalue weighted by atomic mass is 35.5. The minimum Gasteiger partial charge on any atom is -0.452 e. The van der Waals surface area contributed by atoms with Gasteiger partial charge in [-0.3, -0.25) is 4.79 Å². The van der Waals surface area contributed by atoms with Crippen LogP contribution in [-0.4, -0.2) is 23.6 Å². The van der Waals surface area contributed by atoms with Gasteiger partial charge in [-0.25, -0.2) is 4.79 Å². The summed E-state index contributed by atoms with van der Waals surface area (Å²) in [6, 6.07) is 10.9. The van der Waals surface area contributed by atoms with Crippen molar-refractivity contribution in [3.63, 3.8) is 0 Å². The lowest BCUT2D eigenvalue weighted by molar-refractivity contribution is -0.119. The number of benzene rings is 2. The molecular formula is C22H21ClN2O4. The van der Waals surface area contributed by atoms with E-state index in [9.17, 15) is 9.59 Å². The van der Waals surface area contributed by atoms with Crippen molar-refractivity contribution in [2.75, 3.05) is 11.9 Å². The van der Waals surface area contributed by atoms with Crippen LogP contribution in [0.5, 0.6) is 0 Å². The van der Waals surface area contributed by atoms with Crippen LogP contribution >= 0.6 is 11.6 Å². The summed E-state index contributed by atoms with van der Waals surface area (Å²) in [6.07, 6.45) is 0. The summed E-state index contributed by atoms with van der Waals surface area (Å²) < 4.78 is 10.4.